The van der Waals surface area contributed by atoms with E-state index in [4.69, 9.17) is 5.11 Å². The zero-order chi connectivity index (χ0) is 14.0. The summed E-state index contributed by atoms with van der Waals surface area (Å²) >= 11 is 0. The number of carbonyl (C=O) groups excluding carboxylic acids is 1. The maximum Gasteiger partial charge on any atom is 0.338 e. The summed E-state index contributed by atoms with van der Waals surface area (Å²) in [6.07, 6.45) is 1.65. The van der Waals surface area contributed by atoms with E-state index >= 15 is 0 Å². The van der Waals surface area contributed by atoms with Crippen LogP contribution >= 0.6 is 0 Å². The molecular formula is C13H16N2O4. The van der Waals surface area contributed by atoms with Crippen molar-refractivity contribution in [2.24, 2.45) is 5.92 Å². The lowest BCUT2D eigenvalue weighted by molar-refractivity contribution is 0.0673. The molecule has 1 aromatic heterocycles. The molecule has 2 N–H and O–H groups in total. The van der Waals surface area contributed by atoms with Crippen LogP contribution in [0, 0.1) is 5.92 Å². The third-order valence-corrected chi connectivity index (χ3v) is 3.43. The number of nitrogens with zero attached hydrogens (tertiary/aromatic N) is 2. The number of carboxylic acids is 1. The summed E-state index contributed by atoms with van der Waals surface area (Å²) in [4.78, 5) is 28.7. The van der Waals surface area contributed by atoms with Crippen LogP contribution in [0.2, 0.25) is 0 Å². The summed E-state index contributed by atoms with van der Waals surface area (Å²) < 4.78 is 0. The van der Waals surface area contributed by atoms with Crippen LogP contribution in [0.5, 0.6) is 0 Å². The van der Waals surface area contributed by atoms with Crippen LogP contribution in [0.15, 0.2) is 18.3 Å². The molecule has 1 amide bonds. The molecule has 0 aliphatic carbocycles. The van der Waals surface area contributed by atoms with Gasteiger partial charge in [0.15, 0.2) is 0 Å². The zero-order valence-corrected chi connectivity index (χ0v) is 10.6. The molecule has 1 saturated heterocycles. The summed E-state index contributed by atoms with van der Waals surface area (Å²) in [5.74, 6) is -1.51. The van der Waals surface area contributed by atoms with E-state index in [9.17, 15) is 14.7 Å². The Hall–Kier alpha value is -1.95. The van der Waals surface area contributed by atoms with Crippen molar-refractivity contribution in [2.45, 2.75) is 19.4 Å². The standard InChI is InChI=1S/C13H16N2O4/c1-8(16)9-4-6-15(7-9)12(17)11-10(13(18)19)3-2-5-14-11/h2-3,5,8-9,16H,4,6-7H2,1H3,(H,18,19). The van der Waals surface area contributed by atoms with Crippen molar-refractivity contribution in [1.29, 1.82) is 0 Å². The van der Waals surface area contributed by atoms with Gasteiger partial charge in [0.25, 0.3) is 5.91 Å². The first-order chi connectivity index (χ1) is 9.00. The molecule has 0 bridgehead atoms. The summed E-state index contributed by atoms with van der Waals surface area (Å²) in [6.45, 7) is 2.65. The van der Waals surface area contributed by atoms with Crippen molar-refractivity contribution in [3.8, 4) is 0 Å². The number of aliphatic hydroxyl groups is 1. The third kappa shape index (κ3) is 2.73. The number of carboxylic acid groups (broad SMARTS) is 1. The number of hydrogen-bond acceptors (Lipinski definition) is 4. The maximum atomic E-state index is 12.3. The van der Waals surface area contributed by atoms with Crippen molar-refractivity contribution in [3.05, 3.63) is 29.6 Å². The SMILES string of the molecule is CC(O)C1CCN(C(=O)c2ncccc2C(=O)O)C1. The molecule has 2 rings (SSSR count). The summed E-state index contributed by atoms with van der Waals surface area (Å²) in [5.41, 5.74) is -0.130. The van der Waals surface area contributed by atoms with Gasteiger partial charge in [-0.05, 0) is 25.5 Å². The number of aromatic carboxylic acids is 1. The van der Waals surface area contributed by atoms with Gasteiger partial charge in [-0.3, -0.25) is 9.78 Å². The Balaban J connectivity index is 2.19. The third-order valence-electron chi connectivity index (χ3n) is 3.43. The molecule has 19 heavy (non-hydrogen) atoms. The Kier molecular flexibility index (Phi) is 3.80. The van der Waals surface area contributed by atoms with Crippen molar-refractivity contribution < 1.29 is 19.8 Å². The molecule has 0 radical (unpaired) electrons. The van der Waals surface area contributed by atoms with Crippen LogP contribution in [0.25, 0.3) is 0 Å². The Morgan fingerprint density at radius 3 is 2.84 bits per heavy atom. The molecule has 2 heterocycles. The van der Waals surface area contributed by atoms with Crippen LogP contribution in [-0.2, 0) is 0 Å². The summed E-state index contributed by atoms with van der Waals surface area (Å²) in [5, 5.41) is 18.6. The first kappa shape index (κ1) is 13.5. The van der Waals surface area contributed by atoms with E-state index in [1.165, 1.54) is 18.3 Å². The second-order valence-corrected chi connectivity index (χ2v) is 4.75. The number of rotatable bonds is 3. The van der Waals surface area contributed by atoms with E-state index in [2.05, 4.69) is 4.98 Å². The van der Waals surface area contributed by atoms with E-state index in [1.807, 2.05) is 0 Å². The molecule has 0 saturated carbocycles. The van der Waals surface area contributed by atoms with Crippen molar-refractivity contribution in [1.82, 2.24) is 9.88 Å². The number of aliphatic hydroxyl groups excluding tert-OH is 1. The fourth-order valence-corrected chi connectivity index (χ4v) is 2.26. The molecule has 6 nitrogen and oxygen atoms in total. The van der Waals surface area contributed by atoms with Crippen LogP contribution in [0.4, 0.5) is 0 Å². The Bertz CT molecular complexity index is 501. The predicted octanol–water partition coefficient (Wildman–Crippen LogP) is 0.623. The molecule has 1 aromatic rings. The number of carbonyl (C=O) groups is 2. The lowest BCUT2D eigenvalue weighted by atomic mass is 10.0. The van der Waals surface area contributed by atoms with E-state index < -0.39 is 12.1 Å². The smallest absolute Gasteiger partial charge is 0.338 e. The Morgan fingerprint density at radius 1 is 1.53 bits per heavy atom. The molecular weight excluding hydrogens is 248 g/mol. The highest BCUT2D eigenvalue weighted by molar-refractivity contribution is 6.03. The number of aromatic nitrogens is 1. The minimum absolute atomic E-state index is 0.0405. The van der Waals surface area contributed by atoms with E-state index in [-0.39, 0.29) is 23.1 Å². The van der Waals surface area contributed by atoms with Gasteiger partial charge in [-0.2, -0.15) is 0 Å². The average Bonchev–Trinajstić information content (AvgIpc) is 2.87. The van der Waals surface area contributed by atoms with E-state index in [1.54, 1.807) is 11.8 Å². The van der Waals surface area contributed by atoms with E-state index in [0.29, 0.717) is 13.1 Å². The number of hydrogen-bond donors (Lipinski definition) is 2. The fourth-order valence-electron chi connectivity index (χ4n) is 2.26. The maximum absolute atomic E-state index is 12.3. The van der Waals surface area contributed by atoms with Crippen LogP contribution in [0.3, 0.4) is 0 Å². The molecule has 102 valence electrons. The van der Waals surface area contributed by atoms with Gasteiger partial charge in [-0.25, -0.2) is 4.79 Å². The van der Waals surface area contributed by atoms with Gasteiger partial charge in [-0.1, -0.05) is 0 Å². The molecule has 1 aliphatic rings. The molecule has 1 aliphatic heterocycles. The van der Waals surface area contributed by atoms with Crippen LogP contribution in [-0.4, -0.2) is 51.2 Å². The molecule has 2 unspecified atom stereocenters. The zero-order valence-electron chi connectivity index (χ0n) is 10.6. The van der Waals surface area contributed by atoms with Gasteiger partial charge in [0, 0.05) is 25.2 Å². The second kappa shape index (κ2) is 5.36. The van der Waals surface area contributed by atoms with Gasteiger partial charge < -0.3 is 15.1 Å². The largest absolute Gasteiger partial charge is 0.478 e. The van der Waals surface area contributed by atoms with Gasteiger partial charge in [-0.15, -0.1) is 0 Å². The number of amides is 1. The highest BCUT2D eigenvalue weighted by Crippen LogP contribution is 2.21. The van der Waals surface area contributed by atoms with Crippen molar-refractivity contribution >= 4 is 11.9 Å². The van der Waals surface area contributed by atoms with Gasteiger partial charge in [0.1, 0.15) is 5.69 Å². The lowest BCUT2D eigenvalue weighted by Crippen LogP contribution is -2.32. The fraction of sp³-hybridized carbons (Fsp3) is 0.462. The predicted molar refractivity (Wildman–Crippen MR) is 66.9 cm³/mol. The molecule has 0 aromatic carbocycles. The Labute approximate surface area is 110 Å². The Morgan fingerprint density at radius 2 is 2.26 bits per heavy atom. The average molecular weight is 264 g/mol. The van der Waals surface area contributed by atoms with Gasteiger partial charge in [0.2, 0.25) is 0 Å². The van der Waals surface area contributed by atoms with Gasteiger partial charge >= 0.3 is 5.97 Å². The van der Waals surface area contributed by atoms with Gasteiger partial charge in [0.05, 0.1) is 11.7 Å². The normalized spacial score (nSPS) is 20.3. The van der Waals surface area contributed by atoms with E-state index in [0.717, 1.165) is 6.42 Å². The van der Waals surface area contributed by atoms with Crippen LogP contribution < -0.4 is 0 Å². The van der Waals surface area contributed by atoms with Crippen molar-refractivity contribution in [2.75, 3.05) is 13.1 Å². The monoisotopic (exact) mass is 264 g/mol. The van der Waals surface area contributed by atoms with Crippen molar-refractivity contribution in [3.63, 3.8) is 0 Å². The second-order valence-electron chi connectivity index (χ2n) is 4.75. The lowest BCUT2D eigenvalue weighted by Gasteiger charge is -2.18. The highest BCUT2D eigenvalue weighted by atomic mass is 16.4. The quantitative estimate of drug-likeness (QED) is 0.835. The topological polar surface area (TPSA) is 90.7 Å². The summed E-state index contributed by atoms with van der Waals surface area (Å²) in [6, 6.07) is 2.85. The first-order valence-electron chi connectivity index (χ1n) is 6.16. The molecule has 1 fully saturated rings. The molecule has 2 atom stereocenters. The summed E-state index contributed by atoms with van der Waals surface area (Å²) in [7, 11) is 0. The number of pyridine rings is 1. The number of likely N-dealkylation sites (tertiary alicyclic amines) is 1. The minimum Gasteiger partial charge on any atom is -0.478 e. The van der Waals surface area contributed by atoms with Crippen LogP contribution in [0.1, 0.15) is 34.2 Å². The molecule has 0 spiro atoms. The first-order valence-corrected chi connectivity index (χ1v) is 6.16. The molecule has 6 heteroatoms. The minimum atomic E-state index is -1.16. The highest BCUT2D eigenvalue weighted by Gasteiger charge is 2.31.